The van der Waals surface area contributed by atoms with Crippen molar-refractivity contribution in [2.24, 2.45) is 0 Å². The highest BCUT2D eigenvalue weighted by Crippen LogP contribution is 2.33. The summed E-state index contributed by atoms with van der Waals surface area (Å²) in [4.78, 5) is 0. The van der Waals surface area contributed by atoms with Gasteiger partial charge >= 0.3 is 6.18 Å². The number of anilines is 1. The van der Waals surface area contributed by atoms with Gasteiger partial charge in [-0.1, -0.05) is 20.3 Å². The van der Waals surface area contributed by atoms with E-state index in [0.717, 1.165) is 25.3 Å². The van der Waals surface area contributed by atoms with Crippen molar-refractivity contribution in [3.63, 3.8) is 0 Å². The second-order valence-electron chi connectivity index (χ2n) is 4.41. The Labute approximate surface area is 111 Å². The van der Waals surface area contributed by atoms with Gasteiger partial charge in [0, 0.05) is 11.7 Å². The number of hydrogen-bond acceptors (Lipinski definition) is 2. The third-order valence-electron chi connectivity index (χ3n) is 2.95. The van der Waals surface area contributed by atoms with E-state index >= 15 is 0 Å². The summed E-state index contributed by atoms with van der Waals surface area (Å²) in [5, 5.41) is 11.8. The average Bonchev–Trinajstić information content (AvgIpc) is 2.37. The minimum absolute atomic E-state index is 0.152. The van der Waals surface area contributed by atoms with Crippen molar-refractivity contribution in [1.29, 1.82) is 5.26 Å². The third-order valence-corrected chi connectivity index (χ3v) is 2.95. The fourth-order valence-electron chi connectivity index (χ4n) is 1.93. The number of rotatable bonds is 5. The fourth-order valence-corrected chi connectivity index (χ4v) is 1.93. The van der Waals surface area contributed by atoms with E-state index in [9.17, 15) is 13.2 Å². The van der Waals surface area contributed by atoms with Gasteiger partial charge in [-0.05, 0) is 31.0 Å². The topological polar surface area (TPSA) is 35.8 Å². The summed E-state index contributed by atoms with van der Waals surface area (Å²) in [5.74, 6) is 0. The van der Waals surface area contributed by atoms with Crippen molar-refractivity contribution in [3.8, 4) is 6.07 Å². The molecule has 0 fully saturated rings. The van der Waals surface area contributed by atoms with Crippen molar-refractivity contribution < 1.29 is 13.2 Å². The first-order valence-corrected chi connectivity index (χ1v) is 6.30. The second-order valence-corrected chi connectivity index (χ2v) is 4.41. The van der Waals surface area contributed by atoms with Crippen LogP contribution >= 0.6 is 0 Å². The second kappa shape index (κ2) is 6.46. The molecule has 1 atom stereocenters. The van der Waals surface area contributed by atoms with Crippen LogP contribution in [0.25, 0.3) is 0 Å². The smallest absolute Gasteiger partial charge is 0.382 e. The lowest BCUT2D eigenvalue weighted by Crippen LogP contribution is -2.18. The largest absolute Gasteiger partial charge is 0.417 e. The molecule has 0 spiro atoms. The quantitative estimate of drug-likeness (QED) is 0.850. The summed E-state index contributed by atoms with van der Waals surface area (Å²) >= 11 is 0. The van der Waals surface area contributed by atoms with Gasteiger partial charge < -0.3 is 5.32 Å². The molecule has 0 heterocycles. The van der Waals surface area contributed by atoms with Crippen LogP contribution in [0.3, 0.4) is 0 Å². The Kier molecular flexibility index (Phi) is 5.22. The van der Waals surface area contributed by atoms with Crippen LogP contribution in [0.15, 0.2) is 18.2 Å². The predicted octanol–water partition coefficient (Wildman–Crippen LogP) is 4.57. The van der Waals surface area contributed by atoms with Crippen LogP contribution in [0.1, 0.15) is 44.2 Å². The van der Waals surface area contributed by atoms with E-state index in [4.69, 9.17) is 5.26 Å². The Morgan fingerprint density at radius 1 is 1.32 bits per heavy atom. The van der Waals surface area contributed by atoms with E-state index in [1.807, 2.05) is 13.8 Å². The van der Waals surface area contributed by atoms with Gasteiger partial charge in [-0.25, -0.2) is 0 Å². The molecule has 0 bridgehead atoms. The zero-order valence-corrected chi connectivity index (χ0v) is 11.0. The third kappa shape index (κ3) is 4.16. The molecule has 19 heavy (non-hydrogen) atoms. The number of nitrogens with zero attached hydrogens (tertiary/aromatic N) is 1. The molecule has 0 aliphatic carbocycles. The predicted molar refractivity (Wildman–Crippen MR) is 68.8 cm³/mol. The van der Waals surface area contributed by atoms with Crippen molar-refractivity contribution in [2.75, 3.05) is 5.32 Å². The number of hydrogen-bond donors (Lipinski definition) is 1. The first kappa shape index (κ1) is 15.4. The molecule has 1 aromatic carbocycles. The van der Waals surface area contributed by atoms with Gasteiger partial charge in [0.05, 0.1) is 17.2 Å². The van der Waals surface area contributed by atoms with Gasteiger partial charge in [0.25, 0.3) is 0 Å². The number of halogens is 3. The Hall–Kier alpha value is -1.70. The van der Waals surface area contributed by atoms with Crippen LogP contribution in [0.2, 0.25) is 0 Å². The SMILES string of the molecule is CCCC(CC)Nc1ccc(C#N)c(C(F)(F)F)c1. The molecule has 5 heteroatoms. The molecule has 0 amide bonds. The highest BCUT2D eigenvalue weighted by atomic mass is 19.4. The molecule has 1 unspecified atom stereocenters. The monoisotopic (exact) mass is 270 g/mol. The molecule has 1 rings (SSSR count). The zero-order valence-electron chi connectivity index (χ0n) is 11.0. The van der Waals surface area contributed by atoms with E-state index in [0.29, 0.717) is 5.69 Å². The van der Waals surface area contributed by atoms with E-state index in [1.165, 1.54) is 12.1 Å². The van der Waals surface area contributed by atoms with E-state index < -0.39 is 11.7 Å². The van der Waals surface area contributed by atoms with E-state index in [1.54, 1.807) is 6.07 Å². The lowest BCUT2D eigenvalue weighted by atomic mass is 10.1. The van der Waals surface area contributed by atoms with E-state index in [2.05, 4.69) is 5.32 Å². The standard InChI is InChI=1S/C14H17F3N2/c1-3-5-11(4-2)19-12-7-6-10(9-18)13(8-12)14(15,16)17/h6-8,11,19H,3-5H2,1-2H3. The highest BCUT2D eigenvalue weighted by molar-refractivity contribution is 5.53. The lowest BCUT2D eigenvalue weighted by molar-refractivity contribution is -0.137. The Morgan fingerprint density at radius 2 is 2.00 bits per heavy atom. The first-order chi connectivity index (χ1) is 8.92. The average molecular weight is 270 g/mol. The Balaban J connectivity index is 3.02. The first-order valence-electron chi connectivity index (χ1n) is 6.30. The molecule has 2 nitrogen and oxygen atoms in total. The summed E-state index contributed by atoms with van der Waals surface area (Å²) in [6.07, 6.45) is -1.80. The summed E-state index contributed by atoms with van der Waals surface area (Å²) in [5.41, 5.74) is -0.820. The van der Waals surface area contributed by atoms with Gasteiger partial charge in [0.2, 0.25) is 0 Å². The Morgan fingerprint density at radius 3 is 2.47 bits per heavy atom. The van der Waals surface area contributed by atoms with Crippen molar-refractivity contribution in [3.05, 3.63) is 29.3 Å². The molecule has 1 aromatic rings. The molecule has 104 valence electrons. The minimum atomic E-state index is -4.50. The normalized spacial score (nSPS) is 12.8. The van der Waals surface area contributed by atoms with E-state index in [-0.39, 0.29) is 11.6 Å². The maximum absolute atomic E-state index is 12.8. The van der Waals surface area contributed by atoms with Crippen molar-refractivity contribution >= 4 is 5.69 Å². The van der Waals surface area contributed by atoms with Crippen molar-refractivity contribution in [1.82, 2.24) is 0 Å². The molecule has 0 saturated heterocycles. The number of alkyl halides is 3. The zero-order chi connectivity index (χ0) is 14.5. The lowest BCUT2D eigenvalue weighted by Gasteiger charge is -2.19. The molecule has 0 aliphatic heterocycles. The maximum Gasteiger partial charge on any atom is 0.417 e. The summed E-state index contributed by atoms with van der Waals surface area (Å²) in [6, 6.07) is 5.47. The molecular weight excluding hydrogens is 253 g/mol. The van der Waals surface area contributed by atoms with Gasteiger partial charge in [-0.3, -0.25) is 0 Å². The number of benzene rings is 1. The van der Waals surface area contributed by atoms with Crippen LogP contribution in [0, 0.1) is 11.3 Å². The van der Waals surface area contributed by atoms with Crippen LogP contribution in [0.4, 0.5) is 18.9 Å². The summed E-state index contributed by atoms with van der Waals surface area (Å²) in [7, 11) is 0. The summed E-state index contributed by atoms with van der Waals surface area (Å²) in [6.45, 7) is 4.02. The molecule has 0 aliphatic rings. The maximum atomic E-state index is 12.8. The molecular formula is C14H17F3N2. The van der Waals surface area contributed by atoms with Gasteiger partial charge in [0.1, 0.15) is 0 Å². The van der Waals surface area contributed by atoms with Gasteiger partial charge in [0.15, 0.2) is 0 Å². The van der Waals surface area contributed by atoms with Gasteiger partial charge in [-0.2, -0.15) is 18.4 Å². The fraction of sp³-hybridized carbons (Fsp3) is 0.500. The van der Waals surface area contributed by atoms with Crippen LogP contribution in [-0.4, -0.2) is 6.04 Å². The minimum Gasteiger partial charge on any atom is -0.382 e. The highest BCUT2D eigenvalue weighted by Gasteiger charge is 2.33. The number of nitriles is 1. The number of nitrogens with one attached hydrogen (secondary N) is 1. The molecule has 1 N–H and O–H groups in total. The molecule has 0 radical (unpaired) electrons. The van der Waals surface area contributed by atoms with Crippen LogP contribution in [-0.2, 0) is 6.18 Å². The molecule has 0 aromatic heterocycles. The summed E-state index contributed by atoms with van der Waals surface area (Å²) < 4.78 is 38.4. The molecule has 0 saturated carbocycles. The Bertz CT molecular complexity index is 461. The van der Waals surface area contributed by atoms with Crippen molar-refractivity contribution in [2.45, 2.75) is 45.3 Å². The van der Waals surface area contributed by atoms with Gasteiger partial charge in [-0.15, -0.1) is 0 Å². The van der Waals surface area contributed by atoms with Crippen LogP contribution in [0.5, 0.6) is 0 Å². The van der Waals surface area contributed by atoms with Crippen LogP contribution < -0.4 is 5.32 Å².